The first kappa shape index (κ1) is 38.4. The molecule has 0 spiro atoms. The highest BCUT2D eigenvalue weighted by molar-refractivity contribution is 7.94. The fourth-order valence-electron chi connectivity index (χ4n) is 3.88. The van der Waals surface area contributed by atoms with Crippen molar-refractivity contribution in [2.75, 3.05) is 120 Å². The van der Waals surface area contributed by atoms with E-state index in [1.807, 2.05) is 40.4 Å². The minimum Gasteiger partial charge on any atom is -0.329 e. The maximum atomic E-state index is 12.8. The number of sulfone groups is 3. The van der Waals surface area contributed by atoms with Gasteiger partial charge in [0.2, 0.25) is 0 Å². The Kier molecular flexibility index (Phi) is 19.9. The highest BCUT2D eigenvalue weighted by atomic mass is 32.2. The topological polar surface area (TPSA) is 167 Å². The molecule has 0 bridgehead atoms. The van der Waals surface area contributed by atoms with Gasteiger partial charge in [0.1, 0.15) is 0 Å². The summed E-state index contributed by atoms with van der Waals surface area (Å²) in [5.41, 5.74) is 11.2. The van der Waals surface area contributed by atoms with Crippen LogP contribution in [0.5, 0.6) is 0 Å². The summed E-state index contributed by atoms with van der Waals surface area (Å²) in [6, 6.07) is 0. The minimum absolute atomic E-state index is 0.0153. The lowest BCUT2D eigenvalue weighted by atomic mass is 10.4. The van der Waals surface area contributed by atoms with E-state index in [0.717, 1.165) is 5.41 Å². The van der Waals surface area contributed by atoms with Crippen LogP contribution in [0.2, 0.25) is 0 Å². The van der Waals surface area contributed by atoms with Crippen molar-refractivity contribution in [2.24, 2.45) is 11.5 Å². The van der Waals surface area contributed by atoms with Gasteiger partial charge in [-0.2, -0.15) is 0 Å². The summed E-state index contributed by atoms with van der Waals surface area (Å²) in [7, 11) is -10.1. The predicted octanol–water partition coefficient (Wildman–Crippen LogP) is -1.44. The molecule has 0 atom stereocenters. The molecule has 0 aliphatic heterocycles. The van der Waals surface area contributed by atoms with Crippen molar-refractivity contribution in [1.29, 1.82) is 0 Å². The summed E-state index contributed by atoms with van der Waals surface area (Å²) in [5.74, 6) is -0.182. The van der Waals surface area contributed by atoms with Crippen molar-refractivity contribution >= 4 is 29.5 Å². The Morgan fingerprint density at radius 1 is 0.513 bits per heavy atom. The quantitative estimate of drug-likeness (QED) is 0.116. The number of hydrogen-bond acceptors (Lipinski definition) is 12. The van der Waals surface area contributed by atoms with Gasteiger partial charge >= 0.3 is 0 Å². The van der Waals surface area contributed by atoms with E-state index in [1.54, 1.807) is 0 Å². The zero-order valence-electron chi connectivity index (χ0n) is 24.3. The van der Waals surface area contributed by atoms with Crippen molar-refractivity contribution < 1.29 is 25.3 Å². The largest absolute Gasteiger partial charge is 0.329 e. The summed E-state index contributed by atoms with van der Waals surface area (Å²) in [6.45, 7) is 15.8. The Hall–Kier alpha value is -0.650. The van der Waals surface area contributed by atoms with Gasteiger partial charge in [0.25, 0.3) is 0 Å². The Morgan fingerprint density at radius 3 is 1.15 bits per heavy atom. The molecule has 0 rings (SSSR count). The summed E-state index contributed by atoms with van der Waals surface area (Å²) < 4.78 is 74.7. The SMILES string of the molecule is C=CS(=O)(=O)CCN(CC)CCN(CCS(=O)(=O)CCN(CC)CCN)CCS(=O)(=O)CCN(CC)CCN. The molecule has 0 amide bonds. The molecule has 234 valence electrons. The molecule has 0 aromatic rings. The normalized spacial score (nSPS) is 13.3. The molecule has 15 heteroatoms. The molecule has 0 heterocycles. The Balaban J connectivity index is 5.27. The Labute approximate surface area is 238 Å². The minimum atomic E-state index is -3.36. The van der Waals surface area contributed by atoms with Gasteiger partial charge in [0, 0.05) is 77.4 Å². The standard InChI is InChI=1S/C24H54N6O6S3/c1-5-27(11-9-25)16-21-38(33,34)23-18-30(14-13-29(7-3)15-20-37(31,32)8-4)19-24-39(35,36)22-17-28(6-2)12-10-26/h8H,4-7,9-26H2,1-3H3. The molecule has 0 saturated heterocycles. The van der Waals surface area contributed by atoms with E-state index in [1.165, 1.54) is 0 Å². The second-order valence-electron chi connectivity index (χ2n) is 9.56. The van der Waals surface area contributed by atoms with Crippen molar-refractivity contribution in [2.45, 2.75) is 20.8 Å². The van der Waals surface area contributed by atoms with Crippen LogP contribution >= 0.6 is 0 Å². The predicted molar refractivity (Wildman–Crippen MR) is 162 cm³/mol. The van der Waals surface area contributed by atoms with Crippen molar-refractivity contribution in [3.63, 3.8) is 0 Å². The molecule has 0 radical (unpaired) electrons. The molecule has 0 aromatic carbocycles. The fourth-order valence-corrected chi connectivity index (χ4v) is 7.12. The number of rotatable bonds is 26. The third-order valence-electron chi connectivity index (χ3n) is 6.78. The summed E-state index contributed by atoms with van der Waals surface area (Å²) in [6.07, 6.45) is 0. The molecule has 12 nitrogen and oxygen atoms in total. The average molecular weight is 619 g/mol. The van der Waals surface area contributed by atoms with Gasteiger partial charge < -0.3 is 31.1 Å². The van der Waals surface area contributed by atoms with Crippen LogP contribution in [0, 0.1) is 0 Å². The van der Waals surface area contributed by atoms with Crippen LogP contribution in [-0.4, -0.2) is 165 Å². The van der Waals surface area contributed by atoms with E-state index in [-0.39, 0.29) is 41.9 Å². The molecule has 4 N–H and O–H groups in total. The Morgan fingerprint density at radius 2 is 0.821 bits per heavy atom. The van der Waals surface area contributed by atoms with Gasteiger partial charge in [-0.3, -0.25) is 0 Å². The lowest BCUT2D eigenvalue weighted by Crippen LogP contribution is -2.42. The maximum Gasteiger partial charge on any atom is 0.172 e. The summed E-state index contributed by atoms with van der Waals surface area (Å²) >= 11 is 0. The van der Waals surface area contributed by atoms with Crippen LogP contribution in [-0.2, 0) is 29.5 Å². The van der Waals surface area contributed by atoms with Gasteiger partial charge in [-0.1, -0.05) is 27.4 Å². The first-order chi connectivity index (χ1) is 18.3. The monoisotopic (exact) mass is 618 g/mol. The van der Waals surface area contributed by atoms with Crippen LogP contribution in [0.3, 0.4) is 0 Å². The lowest BCUT2D eigenvalue weighted by molar-refractivity contribution is 0.228. The number of nitrogens with two attached hydrogens (primary N) is 2. The van der Waals surface area contributed by atoms with Crippen LogP contribution in [0.25, 0.3) is 0 Å². The lowest BCUT2D eigenvalue weighted by Gasteiger charge is -2.27. The molecule has 0 aliphatic rings. The van der Waals surface area contributed by atoms with E-state index in [0.29, 0.717) is 78.5 Å². The van der Waals surface area contributed by atoms with Crippen LogP contribution in [0.15, 0.2) is 12.0 Å². The average Bonchev–Trinajstić information content (AvgIpc) is 2.89. The zero-order chi connectivity index (χ0) is 30.0. The molecule has 0 unspecified atom stereocenters. The second-order valence-corrected chi connectivity index (χ2v) is 16.2. The zero-order valence-corrected chi connectivity index (χ0v) is 26.8. The van der Waals surface area contributed by atoms with Gasteiger partial charge in [0.05, 0.1) is 28.8 Å². The van der Waals surface area contributed by atoms with E-state index >= 15 is 0 Å². The first-order valence-electron chi connectivity index (χ1n) is 13.8. The van der Waals surface area contributed by atoms with Crippen molar-refractivity contribution in [3.8, 4) is 0 Å². The highest BCUT2D eigenvalue weighted by Crippen LogP contribution is 2.03. The van der Waals surface area contributed by atoms with Crippen molar-refractivity contribution in [1.82, 2.24) is 19.6 Å². The molecule has 39 heavy (non-hydrogen) atoms. The molecular weight excluding hydrogens is 565 g/mol. The number of likely N-dealkylation sites (N-methyl/N-ethyl adjacent to an activating group) is 3. The number of nitrogens with zero attached hydrogens (tertiary/aromatic N) is 4. The van der Waals surface area contributed by atoms with Crippen LogP contribution < -0.4 is 11.5 Å². The van der Waals surface area contributed by atoms with E-state index < -0.39 is 29.5 Å². The molecule has 0 fully saturated rings. The van der Waals surface area contributed by atoms with Crippen LogP contribution in [0.1, 0.15) is 20.8 Å². The van der Waals surface area contributed by atoms with Gasteiger partial charge in [0.15, 0.2) is 29.5 Å². The molecule has 0 aliphatic carbocycles. The maximum absolute atomic E-state index is 12.8. The molecular formula is C24H54N6O6S3. The van der Waals surface area contributed by atoms with Gasteiger partial charge in [-0.25, -0.2) is 25.3 Å². The van der Waals surface area contributed by atoms with E-state index in [2.05, 4.69) is 6.58 Å². The second kappa shape index (κ2) is 20.3. The number of hydrogen-bond donors (Lipinski definition) is 2. The van der Waals surface area contributed by atoms with Gasteiger partial charge in [-0.15, -0.1) is 0 Å². The summed E-state index contributed by atoms with van der Waals surface area (Å²) in [5, 5.41) is 0.948. The fraction of sp³-hybridized carbons (Fsp3) is 0.917. The Bertz CT molecular complexity index is 924. The summed E-state index contributed by atoms with van der Waals surface area (Å²) in [4.78, 5) is 7.79. The first-order valence-corrected chi connectivity index (χ1v) is 19.2. The van der Waals surface area contributed by atoms with Crippen LogP contribution in [0.4, 0.5) is 0 Å². The third-order valence-corrected chi connectivity index (χ3v) is 11.3. The molecule has 0 saturated carbocycles. The molecule has 0 aromatic heterocycles. The van der Waals surface area contributed by atoms with E-state index in [4.69, 9.17) is 11.5 Å². The third kappa shape index (κ3) is 19.2. The van der Waals surface area contributed by atoms with E-state index in [9.17, 15) is 25.3 Å². The highest BCUT2D eigenvalue weighted by Gasteiger charge is 2.20. The van der Waals surface area contributed by atoms with Crippen molar-refractivity contribution in [3.05, 3.63) is 12.0 Å². The smallest absolute Gasteiger partial charge is 0.172 e. The van der Waals surface area contributed by atoms with Gasteiger partial charge in [-0.05, 0) is 19.6 Å².